The number of hydrogen-bond acceptors (Lipinski definition) is 5. The number of amides is 1. The Kier molecular flexibility index (Phi) is 5.42. The van der Waals surface area contributed by atoms with Crippen molar-refractivity contribution < 1.29 is 14.8 Å². The monoisotopic (exact) mass is 377 g/mol. The fourth-order valence-corrected chi connectivity index (χ4v) is 2.07. The molecule has 0 heterocycles. The van der Waals surface area contributed by atoms with Crippen molar-refractivity contribution in [1.82, 2.24) is 5.43 Å². The van der Waals surface area contributed by atoms with Gasteiger partial charge < -0.3 is 5.11 Å². The highest BCUT2D eigenvalue weighted by Gasteiger charge is 2.15. The van der Waals surface area contributed by atoms with Crippen molar-refractivity contribution >= 4 is 33.7 Å². The van der Waals surface area contributed by atoms with Crippen LogP contribution in [0.1, 0.15) is 11.1 Å². The molecule has 0 aromatic heterocycles. The molecule has 2 aromatic carbocycles. The van der Waals surface area contributed by atoms with Crippen LogP contribution >= 0.6 is 15.9 Å². The molecule has 0 saturated heterocycles. The summed E-state index contributed by atoms with van der Waals surface area (Å²) in [6, 6.07) is 11.3. The lowest BCUT2D eigenvalue weighted by Crippen LogP contribution is -2.19. The van der Waals surface area contributed by atoms with E-state index in [0.717, 1.165) is 16.3 Å². The van der Waals surface area contributed by atoms with Crippen molar-refractivity contribution in [3.05, 3.63) is 68.2 Å². The molecule has 0 unspecified atom stereocenters. The molecule has 0 fully saturated rings. The molecule has 1 amide bonds. The second kappa shape index (κ2) is 7.50. The van der Waals surface area contributed by atoms with Gasteiger partial charge in [-0.05, 0) is 23.8 Å². The van der Waals surface area contributed by atoms with E-state index in [9.17, 15) is 20.0 Å². The minimum Gasteiger partial charge on any atom is -0.502 e. The minimum absolute atomic E-state index is 0.142. The van der Waals surface area contributed by atoms with Gasteiger partial charge in [-0.2, -0.15) is 5.10 Å². The van der Waals surface area contributed by atoms with E-state index in [0.29, 0.717) is 0 Å². The van der Waals surface area contributed by atoms with Gasteiger partial charge in [0, 0.05) is 16.1 Å². The molecule has 23 heavy (non-hydrogen) atoms. The number of aromatic hydroxyl groups is 1. The predicted molar refractivity (Wildman–Crippen MR) is 88.3 cm³/mol. The Morgan fingerprint density at radius 1 is 1.30 bits per heavy atom. The Morgan fingerprint density at radius 3 is 2.65 bits per heavy atom. The van der Waals surface area contributed by atoms with Crippen molar-refractivity contribution in [3.63, 3.8) is 0 Å². The smallest absolute Gasteiger partial charge is 0.311 e. The highest BCUT2D eigenvalue weighted by Crippen LogP contribution is 2.27. The molecular weight excluding hydrogens is 366 g/mol. The Labute approximate surface area is 139 Å². The van der Waals surface area contributed by atoms with Crippen molar-refractivity contribution in [1.29, 1.82) is 0 Å². The van der Waals surface area contributed by atoms with Crippen LogP contribution in [0.15, 0.2) is 52.0 Å². The summed E-state index contributed by atoms with van der Waals surface area (Å²) in [4.78, 5) is 21.8. The lowest BCUT2D eigenvalue weighted by Gasteiger charge is -2.02. The molecule has 2 aromatic rings. The third-order valence-corrected chi connectivity index (χ3v) is 3.44. The molecule has 0 atom stereocenters. The highest BCUT2D eigenvalue weighted by atomic mass is 79.9. The van der Waals surface area contributed by atoms with E-state index in [1.165, 1.54) is 18.2 Å². The number of benzene rings is 2. The predicted octanol–water partition coefficient (Wildman–Crippen LogP) is 2.76. The second-order valence-electron chi connectivity index (χ2n) is 4.57. The Hall–Kier alpha value is -2.74. The summed E-state index contributed by atoms with van der Waals surface area (Å²) in [7, 11) is 0. The van der Waals surface area contributed by atoms with Crippen LogP contribution in [0, 0.1) is 10.1 Å². The van der Waals surface area contributed by atoms with E-state index in [1.807, 2.05) is 12.1 Å². The summed E-state index contributed by atoms with van der Waals surface area (Å²) < 4.78 is 0.917. The van der Waals surface area contributed by atoms with Crippen LogP contribution in [0.3, 0.4) is 0 Å². The Morgan fingerprint density at radius 2 is 2.00 bits per heavy atom. The minimum atomic E-state index is -0.696. The summed E-state index contributed by atoms with van der Waals surface area (Å²) >= 11 is 3.31. The molecule has 2 rings (SSSR count). The van der Waals surface area contributed by atoms with Gasteiger partial charge in [0.2, 0.25) is 11.7 Å². The molecule has 0 bridgehead atoms. The lowest BCUT2D eigenvalue weighted by atomic mass is 10.1. The van der Waals surface area contributed by atoms with Gasteiger partial charge in [0.15, 0.2) is 0 Å². The molecule has 0 spiro atoms. The van der Waals surface area contributed by atoms with E-state index >= 15 is 0 Å². The molecule has 0 radical (unpaired) electrons. The molecule has 2 N–H and O–H groups in total. The first-order valence-corrected chi connectivity index (χ1v) is 7.29. The van der Waals surface area contributed by atoms with Gasteiger partial charge >= 0.3 is 5.69 Å². The number of para-hydroxylation sites is 1. The summed E-state index contributed by atoms with van der Waals surface area (Å²) in [5, 5.41) is 24.1. The van der Waals surface area contributed by atoms with Crippen molar-refractivity contribution in [2.24, 2.45) is 5.10 Å². The SMILES string of the molecule is O=C(Cc1ccc(Br)cc1)NN=Cc1cccc([N+](=O)[O-])c1O. The lowest BCUT2D eigenvalue weighted by molar-refractivity contribution is -0.385. The third-order valence-electron chi connectivity index (χ3n) is 2.91. The topological polar surface area (TPSA) is 105 Å². The summed E-state index contributed by atoms with van der Waals surface area (Å²) in [5.74, 6) is -0.836. The number of halogens is 1. The second-order valence-corrected chi connectivity index (χ2v) is 5.48. The zero-order valence-electron chi connectivity index (χ0n) is 11.8. The molecule has 0 aliphatic carbocycles. The summed E-state index contributed by atoms with van der Waals surface area (Å²) in [6.07, 6.45) is 1.30. The zero-order chi connectivity index (χ0) is 16.8. The van der Waals surface area contributed by atoms with E-state index in [1.54, 1.807) is 12.1 Å². The first-order valence-electron chi connectivity index (χ1n) is 6.50. The number of rotatable bonds is 5. The quantitative estimate of drug-likeness (QED) is 0.474. The number of nitro benzene ring substituents is 1. The first-order chi connectivity index (χ1) is 11.0. The van der Waals surface area contributed by atoms with Gasteiger partial charge in [-0.15, -0.1) is 0 Å². The fraction of sp³-hybridized carbons (Fsp3) is 0.0667. The number of carbonyl (C=O) groups excluding carboxylic acids is 1. The van der Waals surface area contributed by atoms with Crippen molar-refractivity contribution in [2.45, 2.75) is 6.42 Å². The molecule has 8 heteroatoms. The fourth-order valence-electron chi connectivity index (χ4n) is 1.80. The van der Waals surface area contributed by atoms with Gasteiger partial charge in [0.1, 0.15) is 0 Å². The Bertz CT molecular complexity index is 760. The molecule has 7 nitrogen and oxygen atoms in total. The number of hydrazone groups is 1. The van der Waals surface area contributed by atoms with Crippen LogP contribution in [0.5, 0.6) is 5.75 Å². The van der Waals surface area contributed by atoms with Crippen LogP contribution in [0.2, 0.25) is 0 Å². The van der Waals surface area contributed by atoms with Gasteiger partial charge in [0.05, 0.1) is 17.6 Å². The van der Waals surface area contributed by atoms with E-state index in [-0.39, 0.29) is 17.9 Å². The van der Waals surface area contributed by atoms with Crippen LogP contribution in [-0.2, 0) is 11.2 Å². The van der Waals surface area contributed by atoms with Crippen molar-refractivity contribution in [3.8, 4) is 5.75 Å². The van der Waals surface area contributed by atoms with Gasteiger partial charge in [-0.3, -0.25) is 14.9 Å². The standard InChI is InChI=1S/C15H12BrN3O4/c16-12-6-4-10(5-7-12)8-14(20)18-17-9-11-2-1-3-13(15(11)21)19(22)23/h1-7,9,21H,8H2,(H,18,20). The van der Waals surface area contributed by atoms with E-state index in [4.69, 9.17) is 0 Å². The number of nitrogens with zero attached hydrogens (tertiary/aromatic N) is 2. The third kappa shape index (κ3) is 4.62. The largest absolute Gasteiger partial charge is 0.502 e. The average Bonchev–Trinajstić information content (AvgIpc) is 2.51. The van der Waals surface area contributed by atoms with E-state index < -0.39 is 16.4 Å². The summed E-state index contributed by atoms with van der Waals surface area (Å²) in [6.45, 7) is 0. The maximum absolute atomic E-state index is 11.7. The maximum atomic E-state index is 11.7. The van der Waals surface area contributed by atoms with Crippen LogP contribution in [0.4, 0.5) is 5.69 Å². The normalized spacial score (nSPS) is 10.7. The zero-order valence-corrected chi connectivity index (χ0v) is 13.4. The first kappa shape index (κ1) is 16.6. The summed E-state index contributed by atoms with van der Waals surface area (Å²) in [5.41, 5.74) is 2.85. The molecule has 118 valence electrons. The number of carbonyl (C=O) groups is 1. The van der Waals surface area contributed by atoms with Crippen LogP contribution in [0.25, 0.3) is 0 Å². The highest BCUT2D eigenvalue weighted by molar-refractivity contribution is 9.10. The number of hydrogen-bond donors (Lipinski definition) is 2. The molecule has 0 saturated carbocycles. The average molecular weight is 378 g/mol. The van der Waals surface area contributed by atoms with Crippen LogP contribution in [-0.4, -0.2) is 22.2 Å². The number of nitro groups is 1. The number of nitrogens with one attached hydrogen (secondary N) is 1. The van der Waals surface area contributed by atoms with Crippen LogP contribution < -0.4 is 5.43 Å². The number of phenolic OH excluding ortho intramolecular Hbond substituents is 1. The van der Waals surface area contributed by atoms with Gasteiger partial charge in [-0.1, -0.05) is 34.1 Å². The molecular formula is C15H12BrN3O4. The van der Waals surface area contributed by atoms with E-state index in [2.05, 4.69) is 26.5 Å². The Balaban J connectivity index is 1.99. The molecule has 0 aliphatic rings. The number of phenols is 1. The molecule has 0 aliphatic heterocycles. The van der Waals surface area contributed by atoms with Gasteiger partial charge in [0.25, 0.3) is 0 Å². The van der Waals surface area contributed by atoms with Gasteiger partial charge in [-0.25, -0.2) is 5.43 Å². The van der Waals surface area contributed by atoms with Crippen molar-refractivity contribution in [2.75, 3.05) is 0 Å². The maximum Gasteiger partial charge on any atom is 0.311 e.